The molecule has 0 fully saturated rings. The molecule has 0 unspecified atom stereocenters. The molecule has 2 aromatic rings. The van der Waals surface area contributed by atoms with Crippen LogP contribution >= 0.6 is 0 Å². The Morgan fingerprint density at radius 3 is 2.63 bits per heavy atom. The lowest BCUT2D eigenvalue weighted by Crippen LogP contribution is -2.48. The summed E-state index contributed by atoms with van der Waals surface area (Å²) in [6, 6.07) is 6.00. The molecule has 100 valence electrons. The van der Waals surface area contributed by atoms with Crippen molar-refractivity contribution in [3.8, 4) is 0 Å². The Morgan fingerprint density at radius 2 is 1.95 bits per heavy atom. The van der Waals surface area contributed by atoms with Crippen LogP contribution in [0.2, 0.25) is 0 Å². The third-order valence-corrected chi connectivity index (χ3v) is 3.91. The van der Waals surface area contributed by atoms with Crippen LogP contribution in [0.15, 0.2) is 24.4 Å². The molecule has 0 aliphatic rings. The summed E-state index contributed by atoms with van der Waals surface area (Å²) in [6.45, 7) is 8.23. The number of nitrogens with zero attached hydrogens (tertiary/aromatic N) is 1. The van der Waals surface area contributed by atoms with Gasteiger partial charge in [0.25, 0.3) is 8.05 Å². The second kappa shape index (κ2) is 4.98. The SMILES string of the molecule is [B]OC(C)(C)C(C)(C)OCc1cccc2[nH]ncc12. The minimum atomic E-state index is -0.572. The summed E-state index contributed by atoms with van der Waals surface area (Å²) in [5, 5.41) is 8.07. The van der Waals surface area contributed by atoms with Crippen LogP contribution in [-0.2, 0) is 16.0 Å². The second-order valence-electron chi connectivity index (χ2n) is 5.68. The van der Waals surface area contributed by atoms with Crippen molar-refractivity contribution >= 4 is 19.0 Å². The molecule has 0 aliphatic heterocycles. The van der Waals surface area contributed by atoms with Gasteiger partial charge < -0.3 is 9.39 Å². The zero-order chi connectivity index (χ0) is 14.1. The average Bonchev–Trinajstić information content (AvgIpc) is 2.84. The van der Waals surface area contributed by atoms with Crippen molar-refractivity contribution in [3.63, 3.8) is 0 Å². The smallest absolute Gasteiger partial charge is 0.283 e. The number of benzene rings is 1. The van der Waals surface area contributed by atoms with Crippen molar-refractivity contribution in [1.82, 2.24) is 10.2 Å². The average molecular weight is 258 g/mol. The third-order valence-electron chi connectivity index (χ3n) is 3.91. The number of nitrogens with one attached hydrogen (secondary N) is 1. The molecule has 5 heteroatoms. The van der Waals surface area contributed by atoms with Crippen LogP contribution < -0.4 is 0 Å². The molecule has 19 heavy (non-hydrogen) atoms. The molecular formula is C14H19BN2O2. The standard InChI is InChI=1S/C14H19BN2O2/c1-13(2,14(3,4)19-15)18-9-10-6-5-7-12-11(10)8-16-17-12/h5-8H,9H2,1-4H3,(H,16,17). The van der Waals surface area contributed by atoms with Crippen molar-refractivity contribution < 1.29 is 9.39 Å². The zero-order valence-corrected chi connectivity index (χ0v) is 11.9. The monoisotopic (exact) mass is 258 g/mol. The first-order valence-corrected chi connectivity index (χ1v) is 6.30. The number of aromatic amines is 1. The Hall–Kier alpha value is -1.33. The van der Waals surface area contributed by atoms with Crippen molar-refractivity contribution in [2.75, 3.05) is 0 Å². The van der Waals surface area contributed by atoms with Crippen LogP contribution in [0.4, 0.5) is 0 Å². The molecule has 0 aliphatic carbocycles. The van der Waals surface area contributed by atoms with Gasteiger partial charge in [-0.15, -0.1) is 0 Å². The summed E-state index contributed by atoms with van der Waals surface area (Å²) in [5.41, 5.74) is 1.02. The van der Waals surface area contributed by atoms with E-state index in [4.69, 9.17) is 17.4 Å². The predicted octanol–water partition coefficient (Wildman–Crippen LogP) is 2.74. The summed E-state index contributed by atoms with van der Waals surface area (Å²) in [6.07, 6.45) is 1.81. The number of H-pyrrole nitrogens is 1. The number of rotatable bonds is 5. The quantitative estimate of drug-likeness (QED) is 0.839. The highest BCUT2D eigenvalue weighted by molar-refractivity contribution is 5.98. The summed E-state index contributed by atoms with van der Waals surface area (Å²) >= 11 is 0. The Balaban J connectivity index is 2.17. The van der Waals surface area contributed by atoms with Crippen molar-refractivity contribution in [2.24, 2.45) is 0 Å². The maximum absolute atomic E-state index is 6.00. The lowest BCUT2D eigenvalue weighted by atomic mass is 9.88. The molecule has 1 heterocycles. The van der Waals surface area contributed by atoms with Crippen molar-refractivity contribution in [3.05, 3.63) is 30.0 Å². The van der Waals surface area contributed by atoms with E-state index in [0.717, 1.165) is 16.5 Å². The van der Waals surface area contributed by atoms with Crippen LogP contribution in [0.1, 0.15) is 33.3 Å². The molecule has 1 aromatic heterocycles. The third kappa shape index (κ3) is 2.67. The number of hydrogen-bond donors (Lipinski definition) is 1. The van der Waals surface area contributed by atoms with Crippen molar-refractivity contribution in [2.45, 2.75) is 45.5 Å². The van der Waals surface area contributed by atoms with Gasteiger partial charge in [0.15, 0.2) is 0 Å². The topological polar surface area (TPSA) is 47.1 Å². The Kier molecular flexibility index (Phi) is 3.70. The number of ether oxygens (including phenoxy) is 1. The van der Waals surface area contributed by atoms with E-state index in [9.17, 15) is 0 Å². The van der Waals surface area contributed by atoms with E-state index < -0.39 is 11.2 Å². The predicted molar refractivity (Wildman–Crippen MR) is 75.9 cm³/mol. The summed E-state index contributed by atoms with van der Waals surface area (Å²) < 4.78 is 11.0. The Labute approximate surface area is 114 Å². The fraction of sp³-hybridized carbons (Fsp3) is 0.500. The van der Waals surface area contributed by atoms with Crippen molar-refractivity contribution in [1.29, 1.82) is 0 Å². The maximum atomic E-state index is 6.00. The highest BCUT2D eigenvalue weighted by Crippen LogP contribution is 2.30. The second-order valence-corrected chi connectivity index (χ2v) is 5.68. The van der Waals surface area contributed by atoms with E-state index >= 15 is 0 Å². The number of aromatic nitrogens is 2. The van der Waals surface area contributed by atoms with Crippen LogP contribution in [0.3, 0.4) is 0 Å². The van der Waals surface area contributed by atoms with Crippen LogP contribution in [0.5, 0.6) is 0 Å². The first-order valence-electron chi connectivity index (χ1n) is 6.30. The van der Waals surface area contributed by atoms with E-state index in [2.05, 4.69) is 10.2 Å². The molecule has 2 radical (unpaired) electrons. The molecule has 2 rings (SSSR count). The summed E-state index contributed by atoms with van der Waals surface area (Å²) in [4.78, 5) is 0. The van der Waals surface area contributed by atoms with Gasteiger partial charge in [-0.2, -0.15) is 5.10 Å². The largest absolute Gasteiger partial charge is 0.440 e. The van der Waals surface area contributed by atoms with Gasteiger partial charge in [-0.25, -0.2) is 0 Å². The zero-order valence-electron chi connectivity index (χ0n) is 11.9. The fourth-order valence-corrected chi connectivity index (χ4v) is 1.73. The summed E-state index contributed by atoms with van der Waals surface area (Å²) in [7, 11) is 5.34. The molecule has 0 bridgehead atoms. The van der Waals surface area contributed by atoms with Gasteiger partial charge in [0.05, 0.1) is 29.5 Å². The Morgan fingerprint density at radius 1 is 1.21 bits per heavy atom. The molecule has 0 atom stereocenters. The molecule has 1 aromatic carbocycles. The molecule has 0 amide bonds. The van der Waals surface area contributed by atoms with E-state index in [1.165, 1.54) is 0 Å². The molecule has 1 N–H and O–H groups in total. The first-order chi connectivity index (χ1) is 8.87. The van der Waals surface area contributed by atoms with E-state index in [-0.39, 0.29) is 0 Å². The van der Waals surface area contributed by atoms with Gasteiger partial charge in [0.1, 0.15) is 0 Å². The number of fused-ring (bicyclic) bond motifs is 1. The van der Waals surface area contributed by atoms with E-state index in [1.54, 1.807) is 0 Å². The highest BCUT2D eigenvalue weighted by Gasteiger charge is 2.37. The molecule has 0 saturated heterocycles. The van der Waals surface area contributed by atoms with Gasteiger partial charge in [0, 0.05) is 5.39 Å². The van der Waals surface area contributed by atoms with Gasteiger partial charge in [-0.3, -0.25) is 5.10 Å². The van der Waals surface area contributed by atoms with Gasteiger partial charge in [-0.05, 0) is 39.3 Å². The lowest BCUT2D eigenvalue weighted by Gasteiger charge is -2.41. The van der Waals surface area contributed by atoms with E-state index in [1.807, 2.05) is 52.1 Å². The van der Waals surface area contributed by atoms with E-state index in [0.29, 0.717) is 6.61 Å². The van der Waals surface area contributed by atoms with Crippen LogP contribution in [0.25, 0.3) is 10.9 Å². The normalized spacial score (nSPS) is 13.1. The van der Waals surface area contributed by atoms with Crippen LogP contribution in [0, 0.1) is 0 Å². The minimum Gasteiger partial charge on any atom is -0.440 e. The van der Waals surface area contributed by atoms with Gasteiger partial charge in [0.2, 0.25) is 0 Å². The highest BCUT2D eigenvalue weighted by atomic mass is 16.5. The maximum Gasteiger partial charge on any atom is 0.283 e. The molecule has 0 saturated carbocycles. The first kappa shape index (κ1) is 14.1. The summed E-state index contributed by atoms with van der Waals surface area (Å²) in [5.74, 6) is 0. The fourth-order valence-electron chi connectivity index (χ4n) is 1.73. The lowest BCUT2D eigenvalue weighted by molar-refractivity contribution is -0.139. The van der Waals surface area contributed by atoms with Gasteiger partial charge in [-0.1, -0.05) is 12.1 Å². The van der Waals surface area contributed by atoms with Gasteiger partial charge >= 0.3 is 0 Å². The molecule has 0 spiro atoms. The molecule has 4 nitrogen and oxygen atoms in total. The minimum absolute atomic E-state index is 0.483. The molecular weight excluding hydrogens is 239 g/mol. The Bertz CT molecular complexity index is 563. The number of hydrogen-bond acceptors (Lipinski definition) is 3. The van der Waals surface area contributed by atoms with Crippen LogP contribution in [-0.4, -0.2) is 29.4 Å².